The van der Waals surface area contributed by atoms with Crippen molar-refractivity contribution in [2.75, 3.05) is 6.61 Å². The Hall–Kier alpha value is -3.89. The molecule has 0 aliphatic carbocycles. The van der Waals surface area contributed by atoms with Crippen LogP contribution in [0.25, 0.3) is 0 Å². The molecule has 0 saturated heterocycles. The minimum absolute atomic E-state index is 0.0835. The van der Waals surface area contributed by atoms with Gasteiger partial charge in [-0.05, 0) is 43.7 Å². The Labute approximate surface area is 327 Å². The number of nitrogens with zero attached hydrogens (tertiary/aromatic N) is 2. The van der Waals surface area contributed by atoms with Crippen LogP contribution < -0.4 is 20.7 Å². The van der Waals surface area contributed by atoms with Crippen LogP contribution in [0, 0.1) is 0 Å². The Kier molecular flexibility index (Phi) is 13.4. The van der Waals surface area contributed by atoms with Crippen molar-refractivity contribution >= 4 is 37.4 Å². The van der Waals surface area contributed by atoms with E-state index in [1.165, 1.54) is 12.4 Å². The Morgan fingerprint density at radius 1 is 0.582 bits per heavy atom. The topological polar surface area (TPSA) is 145 Å². The summed E-state index contributed by atoms with van der Waals surface area (Å²) < 4.78 is 13.3. The third kappa shape index (κ3) is 9.40. The minimum atomic E-state index is -3.22. The SMILES string of the molecule is CC(C)(C)[Si](OCC(O)C(O)C(O)c1cnc(CCCC(O)(O)O[Si](c2ccccc2)(c2ccccc2)C(C)(C)C)cn1)(c1ccccc1)c1ccccc1. The van der Waals surface area contributed by atoms with Gasteiger partial charge in [0.2, 0.25) is 0 Å². The third-order valence-electron chi connectivity index (χ3n) is 10.3. The molecule has 0 saturated carbocycles. The van der Waals surface area contributed by atoms with Gasteiger partial charge in [0, 0.05) is 12.6 Å². The first-order valence-corrected chi connectivity index (χ1v) is 22.7. The first kappa shape index (κ1) is 42.3. The maximum Gasteiger partial charge on any atom is 0.268 e. The molecule has 0 amide bonds. The lowest BCUT2D eigenvalue weighted by Gasteiger charge is -2.46. The Morgan fingerprint density at radius 2 is 1.00 bits per heavy atom. The van der Waals surface area contributed by atoms with E-state index < -0.39 is 46.0 Å². The number of hydrogen-bond acceptors (Lipinski definition) is 9. The summed E-state index contributed by atoms with van der Waals surface area (Å²) in [4.78, 5) is 8.78. The molecule has 55 heavy (non-hydrogen) atoms. The first-order chi connectivity index (χ1) is 26.0. The number of aromatic nitrogens is 2. The normalized spacial score (nSPS) is 14.7. The van der Waals surface area contributed by atoms with Crippen molar-refractivity contribution in [1.29, 1.82) is 0 Å². The molecular formula is C44H56N2O7Si2. The molecule has 0 radical (unpaired) electrons. The molecule has 292 valence electrons. The lowest BCUT2D eigenvalue weighted by atomic mass is 10.1. The number of benzene rings is 4. The molecule has 0 aliphatic rings. The van der Waals surface area contributed by atoms with E-state index in [9.17, 15) is 25.5 Å². The van der Waals surface area contributed by atoms with Crippen LogP contribution in [0.15, 0.2) is 134 Å². The van der Waals surface area contributed by atoms with Crippen LogP contribution in [0.5, 0.6) is 0 Å². The van der Waals surface area contributed by atoms with Gasteiger partial charge in [0.1, 0.15) is 18.3 Å². The quantitative estimate of drug-likeness (QED) is 0.0730. The second kappa shape index (κ2) is 17.5. The standard InChI is InChI=1S/C44H56N2O7Si2/c1-42(2,3)54(34-21-11-7-12-22-34,35-23-13-8-14-24-35)52-32-39(47)41(49)40(48)38-31-45-33(30-46-38)20-19-29-44(50,51)53-55(43(4,5)6,36-25-15-9-16-26-36)37-27-17-10-18-28-37/h7-18,21-28,30-31,39-41,47-51H,19-20,29,32H2,1-6H3. The van der Waals surface area contributed by atoms with Gasteiger partial charge in [-0.25, -0.2) is 0 Å². The van der Waals surface area contributed by atoms with Crippen molar-refractivity contribution in [3.63, 3.8) is 0 Å². The van der Waals surface area contributed by atoms with Gasteiger partial charge in [-0.3, -0.25) is 9.97 Å². The number of aliphatic hydroxyl groups excluding tert-OH is 3. The Balaban J connectivity index is 1.24. The van der Waals surface area contributed by atoms with Gasteiger partial charge in [0.25, 0.3) is 22.6 Å². The molecule has 0 aliphatic heterocycles. The highest BCUT2D eigenvalue weighted by Gasteiger charge is 2.54. The minimum Gasteiger partial charge on any atom is -0.405 e. The van der Waals surface area contributed by atoms with Crippen LogP contribution in [0.3, 0.4) is 0 Å². The van der Waals surface area contributed by atoms with Gasteiger partial charge < -0.3 is 34.4 Å². The van der Waals surface area contributed by atoms with E-state index in [0.29, 0.717) is 18.5 Å². The van der Waals surface area contributed by atoms with Crippen molar-refractivity contribution in [2.45, 2.75) is 95.2 Å². The molecule has 11 heteroatoms. The highest BCUT2D eigenvalue weighted by Crippen LogP contribution is 2.40. The van der Waals surface area contributed by atoms with E-state index in [2.05, 4.69) is 51.5 Å². The second-order valence-electron chi connectivity index (χ2n) is 16.3. The van der Waals surface area contributed by atoms with Gasteiger partial charge in [0.15, 0.2) is 0 Å². The predicted molar refractivity (Wildman–Crippen MR) is 221 cm³/mol. The molecule has 0 spiro atoms. The molecule has 0 bridgehead atoms. The number of rotatable bonds is 16. The zero-order chi connectivity index (χ0) is 39.9. The maximum atomic E-state index is 11.4. The van der Waals surface area contributed by atoms with Crippen LogP contribution in [0.2, 0.25) is 10.1 Å². The fourth-order valence-corrected chi connectivity index (χ4v) is 16.6. The van der Waals surface area contributed by atoms with Crippen molar-refractivity contribution < 1.29 is 34.4 Å². The van der Waals surface area contributed by atoms with E-state index in [0.717, 1.165) is 20.7 Å². The summed E-state index contributed by atoms with van der Waals surface area (Å²) in [5, 5.41) is 59.2. The van der Waals surface area contributed by atoms with Crippen LogP contribution in [-0.4, -0.2) is 76.9 Å². The van der Waals surface area contributed by atoms with Gasteiger partial charge >= 0.3 is 0 Å². The molecule has 1 heterocycles. The van der Waals surface area contributed by atoms with Crippen molar-refractivity contribution in [2.24, 2.45) is 0 Å². The summed E-state index contributed by atoms with van der Waals surface area (Å²) in [5.41, 5.74) is 0.650. The molecule has 5 aromatic rings. The Morgan fingerprint density at radius 3 is 1.38 bits per heavy atom. The van der Waals surface area contributed by atoms with E-state index in [1.54, 1.807) is 0 Å². The highest BCUT2D eigenvalue weighted by atomic mass is 28.4. The summed E-state index contributed by atoms with van der Waals surface area (Å²) in [6.45, 7) is 12.4. The smallest absolute Gasteiger partial charge is 0.268 e. The molecule has 5 rings (SSSR count). The number of hydrogen-bond donors (Lipinski definition) is 5. The zero-order valence-corrected chi connectivity index (χ0v) is 34.7. The summed E-state index contributed by atoms with van der Waals surface area (Å²) in [6.07, 6.45) is -1.10. The van der Waals surface area contributed by atoms with Crippen molar-refractivity contribution in [1.82, 2.24) is 9.97 Å². The number of aliphatic hydroxyl groups is 5. The lowest BCUT2D eigenvalue weighted by molar-refractivity contribution is -0.301. The summed E-state index contributed by atoms with van der Waals surface area (Å²) in [5.74, 6) is -2.43. The predicted octanol–water partition coefficient (Wildman–Crippen LogP) is 4.35. The largest absolute Gasteiger partial charge is 0.405 e. The van der Waals surface area contributed by atoms with E-state index in [1.807, 2.05) is 121 Å². The average Bonchev–Trinajstić information content (AvgIpc) is 3.17. The molecule has 4 aromatic carbocycles. The van der Waals surface area contributed by atoms with Gasteiger partial charge in [-0.2, -0.15) is 0 Å². The number of aryl methyl sites for hydroxylation is 1. The van der Waals surface area contributed by atoms with Crippen LogP contribution in [0.4, 0.5) is 0 Å². The van der Waals surface area contributed by atoms with E-state index >= 15 is 0 Å². The molecule has 5 N–H and O–H groups in total. The first-order valence-electron chi connectivity index (χ1n) is 18.9. The van der Waals surface area contributed by atoms with Crippen LogP contribution >= 0.6 is 0 Å². The fraction of sp³-hybridized carbons (Fsp3) is 0.364. The average molecular weight is 781 g/mol. The fourth-order valence-electron chi connectivity index (χ4n) is 7.55. The maximum absolute atomic E-state index is 11.4. The summed E-state index contributed by atoms with van der Waals surface area (Å²) in [7, 11) is -6.21. The van der Waals surface area contributed by atoms with Crippen molar-refractivity contribution in [3.05, 3.63) is 145 Å². The molecule has 0 fully saturated rings. The molecule has 1 aromatic heterocycles. The molecule has 3 atom stereocenters. The van der Waals surface area contributed by atoms with Crippen LogP contribution in [-0.2, 0) is 15.3 Å². The molecule has 3 unspecified atom stereocenters. The molecular weight excluding hydrogens is 725 g/mol. The van der Waals surface area contributed by atoms with Crippen molar-refractivity contribution in [3.8, 4) is 0 Å². The second-order valence-corrected chi connectivity index (χ2v) is 24.8. The summed E-state index contributed by atoms with van der Waals surface area (Å²) >= 11 is 0. The van der Waals surface area contributed by atoms with Gasteiger partial charge in [-0.1, -0.05) is 163 Å². The monoisotopic (exact) mass is 780 g/mol. The van der Waals surface area contributed by atoms with Gasteiger partial charge in [0.05, 0.1) is 24.2 Å². The van der Waals surface area contributed by atoms with Crippen LogP contribution in [0.1, 0.15) is 71.9 Å². The molecule has 9 nitrogen and oxygen atoms in total. The Bertz CT molecular complexity index is 1830. The zero-order valence-electron chi connectivity index (χ0n) is 32.7. The lowest BCUT2D eigenvalue weighted by Crippen LogP contribution is -2.69. The van der Waals surface area contributed by atoms with E-state index in [4.69, 9.17) is 8.85 Å². The summed E-state index contributed by atoms with van der Waals surface area (Å²) in [6, 6.07) is 39.6. The highest BCUT2D eigenvalue weighted by molar-refractivity contribution is 7.00. The van der Waals surface area contributed by atoms with Gasteiger partial charge in [-0.15, -0.1) is 0 Å². The van der Waals surface area contributed by atoms with E-state index in [-0.39, 0.29) is 23.8 Å². The third-order valence-corrected chi connectivity index (χ3v) is 20.3.